The lowest BCUT2D eigenvalue weighted by molar-refractivity contribution is -0.122. The minimum Gasteiger partial charge on any atom is -0.479 e. The van der Waals surface area contributed by atoms with Crippen molar-refractivity contribution in [3.63, 3.8) is 0 Å². The molecule has 0 saturated carbocycles. The van der Waals surface area contributed by atoms with Crippen LogP contribution in [0.2, 0.25) is 10.0 Å². The highest BCUT2D eigenvalue weighted by molar-refractivity contribution is 9.09. The number of benzene rings is 1. The largest absolute Gasteiger partial charge is 0.479 e. The van der Waals surface area contributed by atoms with Crippen LogP contribution in [-0.2, 0) is 11.2 Å². The van der Waals surface area contributed by atoms with Crippen LogP contribution < -0.4 is 10.1 Å². The highest BCUT2D eigenvalue weighted by Crippen LogP contribution is 2.28. The first kappa shape index (κ1) is 17.5. The van der Waals surface area contributed by atoms with Crippen molar-refractivity contribution in [3.05, 3.63) is 33.3 Å². The van der Waals surface area contributed by atoms with Gasteiger partial charge in [-0.25, -0.2) is 0 Å². The van der Waals surface area contributed by atoms with Crippen molar-refractivity contribution in [2.75, 3.05) is 10.6 Å². The highest BCUT2D eigenvalue weighted by atomic mass is 79.9. The predicted molar refractivity (Wildman–Crippen MR) is 92.6 cm³/mol. The molecule has 1 aromatic carbocycles. The van der Waals surface area contributed by atoms with Crippen LogP contribution in [0.5, 0.6) is 5.75 Å². The fourth-order valence-electron chi connectivity index (χ4n) is 1.51. The number of halogens is 3. The average Bonchev–Trinajstić information content (AvgIpc) is 2.89. The van der Waals surface area contributed by atoms with Crippen LogP contribution in [0.3, 0.4) is 0 Å². The molecule has 1 heterocycles. The van der Waals surface area contributed by atoms with E-state index in [-0.39, 0.29) is 5.91 Å². The Morgan fingerprint density at radius 2 is 2.23 bits per heavy atom. The second kappa shape index (κ2) is 8.10. The minimum atomic E-state index is -0.734. The molecule has 0 aliphatic rings. The standard InChI is InChI=1S/C13H12BrCl2N3O2S/c1-7(21-10-3-2-8(15)6-9(10)16)12(20)17-13-19-18-11(22-13)4-5-14/h2-3,6-7H,4-5H2,1H3,(H,17,19,20). The Morgan fingerprint density at radius 3 is 2.91 bits per heavy atom. The Labute approximate surface area is 150 Å². The molecule has 22 heavy (non-hydrogen) atoms. The first-order valence-corrected chi connectivity index (χ1v) is 9.00. The van der Waals surface area contributed by atoms with Crippen molar-refractivity contribution < 1.29 is 9.53 Å². The number of aryl methyl sites for hydroxylation is 1. The summed E-state index contributed by atoms with van der Waals surface area (Å²) in [6.45, 7) is 1.63. The molecule has 2 rings (SSSR count). The number of nitrogens with zero attached hydrogens (tertiary/aromatic N) is 2. The molecule has 0 saturated heterocycles. The number of nitrogens with one attached hydrogen (secondary N) is 1. The van der Waals surface area contributed by atoms with Crippen LogP contribution >= 0.6 is 50.5 Å². The number of rotatable bonds is 6. The van der Waals surface area contributed by atoms with Crippen LogP contribution in [0, 0.1) is 0 Å². The van der Waals surface area contributed by atoms with Gasteiger partial charge in [0.05, 0.1) is 5.02 Å². The highest BCUT2D eigenvalue weighted by Gasteiger charge is 2.18. The molecule has 0 aliphatic heterocycles. The topological polar surface area (TPSA) is 64.1 Å². The summed E-state index contributed by atoms with van der Waals surface area (Å²) in [5.41, 5.74) is 0. The number of anilines is 1. The third-order valence-electron chi connectivity index (χ3n) is 2.57. The summed E-state index contributed by atoms with van der Waals surface area (Å²) in [6, 6.07) is 4.82. The first-order chi connectivity index (χ1) is 10.5. The summed E-state index contributed by atoms with van der Waals surface area (Å²) in [4.78, 5) is 12.1. The van der Waals surface area contributed by atoms with Crippen LogP contribution in [-0.4, -0.2) is 27.5 Å². The zero-order valence-electron chi connectivity index (χ0n) is 11.5. The molecule has 2 aromatic rings. The van der Waals surface area contributed by atoms with Gasteiger partial charge in [-0.1, -0.05) is 50.5 Å². The van der Waals surface area contributed by atoms with E-state index in [9.17, 15) is 4.79 Å². The number of hydrogen-bond acceptors (Lipinski definition) is 5. The zero-order valence-corrected chi connectivity index (χ0v) is 15.4. The van der Waals surface area contributed by atoms with Gasteiger partial charge < -0.3 is 4.74 Å². The van der Waals surface area contributed by atoms with Gasteiger partial charge in [0.2, 0.25) is 5.13 Å². The Balaban J connectivity index is 1.96. The number of amides is 1. The smallest absolute Gasteiger partial charge is 0.266 e. The van der Waals surface area contributed by atoms with Crippen molar-refractivity contribution in [2.45, 2.75) is 19.4 Å². The van der Waals surface area contributed by atoms with Gasteiger partial charge in [-0.2, -0.15) is 0 Å². The summed E-state index contributed by atoms with van der Waals surface area (Å²) in [5, 5.41) is 13.5. The van der Waals surface area contributed by atoms with Crippen molar-refractivity contribution >= 4 is 61.5 Å². The fraction of sp³-hybridized carbons (Fsp3) is 0.308. The van der Waals surface area contributed by atoms with E-state index in [1.165, 1.54) is 11.3 Å². The van der Waals surface area contributed by atoms with Crippen molar-refractivity contribution in [1.29, 1.82) is 0 Å². The van der Waals surface area contributed by atoms with E-state index in [0.29, 0.717) is 20.9 Å². The average molecular weight is 425 g/mol. The Kier molecular flexibility index (Phi) is 6.43. The molecule has 0 spiro atoms. The third-order valence-corrected chi connectivity index (χ3v) is 4.40. The van der Waals surface area contributed by atoms with Gasteiger partial charge in [0, 0.05) is 16.8 Å². The second-order valence-electron chi connectivity index (χ2n) is 4.26. The van der Waals surface area contributed by atoms with E-state index < -0.39 is 6.10 Å². The molecular weight excluding hydrogens is 413 g/mol. The predicted octanol–water partition coefficient (Wildman–Crippen LogP) is 4.19. The maximum Gasteiger partial charge on any atom is 0.266 e. The molecule has 0 aliphatic carbocycles. The lowest BCUT2D eigenvalue weighted by atomic mass is 10.3. The molecule has 5 nitrogen and oxygen atoms in total. The summed E-state index contributed by atoms with van der Waals surface area (Å²) in [5.74, 6) is 0.0681. The molecule has 1 atom stereocenters. The van der Waals surface area contributed by atoms with Crippen LogP contribution in [0.4, 0.5) is 5.13 Å². The number of carbonyl (C=O) groups is 1. The van der Waals surface area contributed by atoms with E-state index in [1.807, 2.05) is 0 Å². The summed E-state index contributed by atoms with van der Waals surface area (Å²) < 4.78 is 5.53. The molecule has 9 heteroatoms. The van der Waals surface area contributed by atoms with Crippen molar-refractivity contribution in [1.82, 2.24) is 10.2 Å². The van der Waals surface area contributed by atoms with Gasteiger partial charge >= 0.3 is 0 Å². The number of ether oxygens (including phenoxy) is 1. The molecule has 1 N–H and O–H groups in total. The number of alkyl halides is 1. The lowest BCUT2D eigenvalue weighted by Crippen LogP contribution is -2.30. The van der Waals surface area contributed by atoms with E-state index >= 15 is 0 Å². The third kappa shape index (κ3) is 4.81. The fourth-order valence-corrected chi connectivity index (χ4v) is 3.34. The van der Waals surface area contributed by atoms with E-state index in [0.717, 1.165) is 16.8 Å². The normalized spacial score (nSPS) is 12.0. The lowest BCUT2D eigenvalue weighted by Gasteiger charge is -2.14. The van der Waals surface area contributed by atoms with Gasteiger partial charge in [0.25, 0.3) is 5.91 Å². The summed E-state index contributed by atoms with van der Waals surface area (Å²) in [6.07, 6.45) is 0.0298. The zero-order chi connectivity index (χ0) is 16.1. The van der Waals surface area contributed by atoms with Gasteiger partial charge in [0.1, 0.15) is 10.8 Å². The maximum atomic E-state index is 12.1. The molecular formula is C13H12BrCl2N3O2S. The van der Waals surface area contributed by atoms with Gasteiger partial charge in [0.15, 0.2) is 6.10 Å². The maximum absolute atomic E-state index is 12.1. The monoisotopic (exact) mass is 423 g/mol. The van der Waals surface area contributed by atoms with Crippen molar-refractivity contribution in [3.8, 4) is 5.75 Å². The first-order valence-electron chi connectivity index (χ1n) is 6.30. The van der Waals surface area contributed by atoms with Crippen LogP contribution in [0.1, 0.15) is 11.9 Å². The molecule has 1 amide bonds. The quantitative estimate of drug-likeness (QED) is 0.706. The Hall–Kier alpha value is -0.890. The van der Waals surface area contributed by atoms with E-state index in [4.69, 9.17) is 27.9 Å². The SMILES string of the molecule is CC(Oc1ccc(Cl)cc1Cl)C(=O)Nc1nnc(CCBr)s1. The number of carbonyl (C=O) groups excluding carboxylic acids is 1. The number of hydrogen-bond donors (Lipinski definition) is 1. The minimum absolute atomic E-state index is 0.326. The van der Waals surface area contributed by atoms with Crippen LogP contribution in [0.25, 0.3) is 0 Å². The number of aromatic nitrogens is 2. The Bertz CT molecular complexity index is 668. The molecule has 0 fully saturated rings. The summed E-state index contributed by atoms with van der Waals surface area (Å²) in [7, 11) is 0. The molecule has 0 radical (unpaired) electrons. The van der Waals surface area contributed by atoms with Crippen molar-refractivity contribution in [2.24, 2.45) is 0 Å². The molecule has 118 valence electrons. The second-order valence-corrected chi connectivity index (χ2v) is 6.96. The summed E-state index contributed by atoms with van der Waals surface area (Å²) >= 11 is 16.5. The molecule has 1 unspecified atom stereocenters. The Morgan fingerprint density at radius 1 is 1.45 bits per heavy atom. The molecule has 1 aromatic heterocycles. The van der Waals surface area contributed by atoms with Crippen LogP contribution in [0.15, 0.2) is 18.2 Å². The van der Waals surface area contributed by atoms with Gasteiger partial charge in [-0.05, 0) is 25.1 Å². The molecule has 0 bridgehead atoms. The van der Waals surface area contributed by atoms with E-state index in [1.54, 1.807) is 25.1 Å². The van der Waals surface area contributed by atoms with Gasteiger partial charge in [-0.15, -0.1) is 10.2 Å². The van der Waals surface area contributed by atoms with Gasteiger partial charge in [-0.3, -0.25) is 10.1 Å². The van der Waals surface area contributed by atoms with E-state index in [2.05, 4.69) is 31.4 Å².